The third-order valence-corrected chi connectivity index (χ3v) is 6.42. The summed E-state index contributed by atoms with van der Waals surface area (Å²) in [6.07, 6.45) is 0.849. The molecule has 2 aliphatic rings. The van der Waals surface area contributed by atoms with Gasteiger partial charge in [-0.2, -0.15) is 0 Å². The van der Waals surface area contributed by atoms with Crippen molar-refractivity contribution >= 4 is 34.4 Å². The van der Waals surface area contributed by atoms with Crippen molar-refractivity contribution < 1.29 is 14.3 Å². The van der Waals surface area contributed by atoms with E-state index in [0.717, 1.165) is 44.0 Å². The van der Waals surface area contributed by atoms with E-state index < -0.39 is 0 Å². The van der Waals surface area contributed by atoms with Crippen molar-refractivity contribution in [2.75, 3.05) is 44.2 Å². The first-order valence-corrected chi connectivity index (χ1v) is 11.4. The Bertz CT molecular complexity index is 946. The highest BCUT2D eigenvalue weighted by molar-refractivity contribution is 7.11. The SMILES string of the molecule is CCCOc1ccccc1N1C(=O)C(c2cccs2)=C(N2CCN(CC)CC2)C1=O. The predicted octanol–water partition coefficient (Wildman–Crippen LogP) is 3.46. The Balaban J connectivity index is 1.73. The van der Waals surface area contributed by atoms with Crippen LogP contribution in [0.1, 0.15) is 25.1 Å². The molecule has 4 rings (SSSR count). The number of likely N-dealkylation sites (N-methyl/N-ethyl adjacent to an activating group) is 1. The summed E-state index contributed by atoms with van der Waals surface area (Å²) in [5, 5.41) is 1.94. The molecule has 6 nitrogen and oxygen atoms in total. The first-order chi connectivity index (χ1) is 14.7. The average Bonchev–Trinajstić information content (AvgIpc) is 3.39. The minimum atomic E-state index is -0.275. The molecule has 0 saturated carbocycles. The number of anilines is 1. The number of hydrogen-bond acceptors (Lipinski definition) is 6. The van der Waals surface area contributed by atoms with Crippen LogP contribution in [0.3, 0.4) is 0 Å². The summed E-state index contributed by atoms with van der Waals surface area (Å²) in [7, 11) is 0. The minimum Gasteiger partial charge on any atom is -0.491 e. The number of para-hydroxylation sites is 2. The molecule has 2 aromatic rings. The number of nitrogens with zero attached hydrogens (tertiary/aromatic N) is 3. The summed E-state index contributed by atoms with van der Waals surface area (Å²) < 4.78 is 5.85. The minimum absolute atomic E-state index is 0.263. The fourth-order valence-electron chi connectivity index (χ4n) is 3.94. The molecule has 0 radical (unpaired) electrons. The van der Waals surface area contributed by atoms with Crippen molar-refractivity contribution in [3.05, 3.63) is 52.4 Å². The van der Waals surface area contributed by atoms with Crippen molar-refractivity contribution in [1.29, 1.82) is 0 Å². The Morgan fingerprint density at radius 3 is 2.40 bits per heavy atom. The fourth-order valence-corrected chi connectivity index (χ4v) is 4.70. The quantitative estimate of drug-likeness (QED) is 0.636. The van der Waals surface area contributed by atoms with E-state index in [1.54, 1.807) is 6.07 Å². The van der Waals surface area contributed by atoms with E-state index >= 15 is 0 Å². The number of ether oxygens (including phenoxy) is 1. The number of rotatable bonds is 7. The number of hydrogen-bond donors (Lipinski definition) is 0. The summed E-state index contributed by atoms with van der Waals surface area (Å²) in [6, 6.07) is 11.1. The summed E-state index contributed by atoms with van der Waals surface area (Å²) in [5.41, 5.74) is 1.53. The van der Waals surface area contributed by atoms with Crippen LogP contribution in [0.25, 0.3) is 5.57 Å². The maximum absolute atomic E-state index is 13.6. The van der Waals surface area contributed by atoms with Crippen LogP contribution in [-0.2, 0) is 9.59 Å². The first kappa shape index (κ1) is 20.6. The van der Waals surface area contributed by atoms with E-state index in [9.17, 15) is 9.59 Å². The second-order valence-corrected chi connectivity index (χ2v) is 8.33. The van der Waals surface area contributed by atoms with Crippen LogP contribution in [-0.4, -0.2) is 60.9 Å². The molecule has 0 aliphatic carbocycles. The molecular weight excluding hydrogens is 398 g/mol. The smallest absolute Gasteiger partial charge is 0.282 e. The molecule has 0 atom stereocenters. The van der Waals surface area contributed by atoms with E-state index in [1.807, 2.05) is 42.6 Å². The normalized spacial score (nSPS) is 17.9. The van der Waals surface area contributed by atoms with Gasteiger partial charge >= 0.3 is 0 Å². The van der Waals surface area contributed by atoms with Crippen molar-refractivity contribution in [1.82, 2.24) is 9.80 Å². The van der Waals surface area contributed by atoms with Crippen LogP contribution >= 0.6 is 11.3 Å². The zero-order chi connectivity index (χ0) is 21.1. The summed E-state index contributed by atoms with van der Waals surface area (Å²) in [4.78, 5) is 33.8. The van der Waals surface area contributed by atoms with E-state index in [0.29, 0.717) is 29.3 Å². The number of carbonyl (C=O) groups excluding carboxylic acids is 2. The Morgan fingerprint density at radius 1 is 0.967 bits per heavy atom. The molecule has 0 N–H and O–H groups in total. The molecular formula is C23H27N3O3S. The lowest BCUT2D eigenvalue weighted by Gasteiger charge is -2.35. The molecule has 2 aliphatic heterocycles. The van der Waals surface area contributed by atoms with Crippen LogP contribution < -0.4 is 9.64 Å². The van der Waals surface area contributed by atoms with Gasteiger partial charge in [-0.25, -0.2) is 4.90 Å². The molecule has 1 aromatic carbocycles. The van der Waals surface area contributed by atoms with Crippen LogP contribution in [0.15, 0.2) is 47.5 Å². The van der Waals surface area contributed by atoms with Crippen molar-refractivity contribution in [2.45, 2.75) is 20.3 Å². The van der Waals surface area contributed by atoms with Gasteiger partial charge in [-0.15, -0.1) is 11.3 Å². The average molecular weight is 426 g/mol. The van der Waals surface area contributed by atoms with Crippen LogP contribution in [0.5, 0.6) is 5.75 Å². The first-order valence-electron chi connectivity index (χ1n) is 10.5. The highest BCUT2D eigenvalue weighted by atomic mass is 32.1. The van der Waals surface area contributed by atoms with Gasteiger partial charge in [0.05, 0.1) is 17.9 Å². The van der Waals surface area contributed by atoms with Gasteiger partial charge in [0.25, 0.3) is 11.8 Å². The van der Waals surface area contributed by atoms with Gasteiger partial charge in [0.1, 0.15) is 11.4 Å². The van der Waals surface area contributed by atoms with Crippen LogP contribution in [0.2, 0.25) is 0 Å². The molecule has 2 amide bonds. The zero-order valence-corrected chi connectivity index (χ0v) is 18.3. The highest BCUT2D eigenvalue weighted by Gasteiger charge is 2.44. The van der Waals surface area contributed by atoms with Crippen molar-refractivity contribution in [3.63, 3.8) is 0 Å². The lowest BCUT2D eigenvalue weighted by Crippen LogP contribution is -2.47. The summed E-state index contributed by atoms with van der Waals surface area (Å²) in [5.74, 6) is 0.0208. The summed E-state index contributed by atoms with van der Waals surface area (Å²) >= 11 is 1.49. The molecule has 1 saturated heterocycles. The van der Waals surface area contributed by atoms with Crippen LogP contribution in [0.4, 0.5) is 5.69 Å². The maximum atomic E-state index is 13.6. The Morgan fingerprint density at radius 2 is 1.73 bits per heavy atom. The molecule has 0 unspecified atom stereocenters. The third-order valence-electron chi connectivity index (χ3n) is 5.53. The molecule has 0 bridgehead atoms. The van der Waals surface area contributed by atoms with E-state index in [1.165, 1.54) is 16.2 Å². The largest absolute Gasteiger partial charge is 0.491 e. The monoisotopic (exact) mass is 425 g/mol. The highest BCUT2D eigenvalue weighted by Crippen LogP contribution is 2.39. The Labute approximate surface area is 181 Å². The second kappa shape index (κ2) is 9.02. The molecule has 1 fully saturated rings. The van der Waals surface area contributed by atoms with Gasteiger partial charge in [-0.1, -0.05) is 32.0 Å². The zero-order valence-electron chi connectivity index (χ0n) is 17.5. The van der Waals surface area contributed by atoms with Crippen molar-refractivity contribution in [2.24, 2.45) is 0 Å². The van der Waals surface area contributed by atoms with Gasteiger partial charge in [0.2, 0.25) is 0 Å². The number of piperazine rings is 1. The third kappa shape index (κ3) is 3.75. The molecule has 7 heteroatoms. The molecule has 158 valence electrons. The number of thiophene rings is 1. The van der Waals surface area contributed by atoms with E-state index in [4.69, 9.17) is 4.74 Å². The van der Waals surface area contributed by atoms with Gasteiger partial charge < -0.3 is 14.5 Å². The van der Waals surface area contributed by atoms with Gasteiger partial charge in [-0.3, -0.25) is 9.59 Å². The van der Waals surface area contributed by atoms with E-state index in [-0.39, 0.29) is 11.8 Å². The Kier molecular flexibility index (Phi) is 6.20. The number of benzene rings is 1. The van der Waals surface area contributed by atoms with Gasteiger partial charge in [-0.05, 0) is 36.5 Å². The van der Waals surface area contributed by atoms with Gasteiger partial charge in [0, 0.05) is 31.1 Å². The molecule has 3 heterocycles. The molecule has 0 spiro atoms. The van der Waals surface area contributed by atoms with Crippen molar-refractivity contribution in [3.8, 4) is 5.75 Å². The summed E-state index contributed by atoms with van der Waals surface area (Å²) in [6.45, 7) is 8.93. The number of carbonyl (C=O) groups is 2. The number of imide groups is 1. The van der Waals surface area contributed by atoms with Crippen LogP contribution in [0, 0.1) is 0 Å². The van der Waals surface area contributed by atoms with E-state index in [2.05, 4.69) is 16.7 Å². The lowest BCUT2D eigenvalue weighted by atomic mass is 10.1. The maximum Gasteiger partial charge on any atom is 0.282 e. The topological polar surface area (TPSA) is 53.1 Å². The molecule has 30 heavy (non-hydrogen) atoms. The standard InChI is InChI=1S/C23H27N3O3S/c1-3-15-29-18-9-6-5-8-17(18)26-22(27)20(19-10-7-16-30-19)21(23(26)28)25-13-11-24(4-2)12-14-25/h5-10,16H,3-4,11-15H2,1-2H3. The number of amides is 2. The predicted molar refractivity (Wildman–Crippen MR) is 120 cm³/mol. The van der Waals surface area contributed by atoms with Gasteiger partial charge in [0.15, 0.2) is 0 Å². The Hall–Kier alpha value is -2.64. The lowest BCUT2D eigenvalue weighted by molar-refractivity contribution is -0.120. The second-order valence-electron chi connectivity index (χ2n) is 7.38. The molecule has 1 aromatic heterocycles. The fraction of sp³-hybridized carbons (Fsp3) is 0.391.